The van der Waals surface area contributed by atoms with Crippen LogP contribution in [-0.2, 0) is 4.79 Å². The van der Waals surface area contributed by atoms with Crippen LogP contribution in [0.2, 0.25) is 0 Å². The molecule has 1 heterocycles. The third kappa shape index (κ3) is 4.91. The molecule has 0 saturated carbocycles. The fourth-order valence-corrected chi connectivity index (χ4v) is 3.32. The smallest absolute Gasteiger partial charge is 0.305 e. The van der Waals surface area contributed by atoms with Crippen molar-refractivity contribution in [2.24, 2.45) is 0 Å². The van der Waals surface area contributed by atoms with Crippen LogP contribution in [0.25, 0.3) is 5.69 Å². The Bertz CT molecular complexity index is 1110. The van der Waals surface area contributed by atoms with E-state index in [1.807, 2.05) is 26.0 Å². The van der Waals surface area contributed by atoms with Gasteiger partial charge in [0.15, 0.2) is 5.69 Å². The summed E-state index contributed by atoms with van der Waals surface area (Å²) < 4.78 is 21.0. The number of hydrogen-bond acceptors (Lipinski definition) is 4. The Morgan fingerprint density at radius 3 is 2.61 bits per heavy atom. The summed E-state index contributed by atoms with van der Waals surface area (Å²) in [5, 5.41) is 16.3. The summed E-state index contributed by atoms with van der Waals surface area (Å²) in [5.41, 5.74) is 2.74. The fourth-order valence-electron chi connectivity index (χ4n) is 3.32. The fraction of sp³-hybridized carbons (Fsp3) is 0.261. The van der Waals surface area contributed by atoms with Crippen LogP contribution in [-0.4, -0.2) is 33.4 Å². The number of nitrogens with zero attached hydrogens (tertiary/aromatic N) is 2. The summed E-state index contributed by atoms with van der Waals surface area (Å²) in [6.07, 6.45) is -0.289. The number of carbonyl (C=O) groups excluding carboxylic acids is 1. The Balaban J connectivity index is 1.95. The summed E-state index contributed by atoms with van der Waals surface area (Å²) >= 11 is 0. The van der Waals surface area contributed by atoms with Gasteiger partial charge in [0, 0.05) is 6.07 Å². The Morgan fingerprint density at radius 1 is 1.19 bits per heavy atom. The first-order valence-electron chi connectivity index (χ1n) is 9.88. The van der Waals surface area contributed by atoms with E-state index in [0.29, 0.717) is 12.2 Å². The number of amides is 1. The number of carbonyl (C=O) groups is 2. The summed E-state index contributed by atoms with van der Waals surface area (Å²) in [7, 11) is 0. The molecule has 31 heavy (non-hydrogen) atoms. The van der Waals surface area contributed by atoms with Crippen LogP contribution < -0.4 is 10.1 Å². The molecular weight excluding hydrogens is 401 g/mol. The van der Waals surface area contributed by atoms with E-state index in [0.717, 1.165) is 11.1 Å². The van der Waals surface area contributed by atoms with E-state index in [9.17, 15) is 19.1 Å². The van der Waals surface area contributed by atoms with Gasteiger partial charge in [-0.3, -0.25) is 9.59 Å². The second-order valence-corrected chi connectivity index (χ2v) is 7.08. The molecule has 0 aliphatic rings. The van der Waals surface area contributed by atoms with Crippen LogP contribution in [0.5, 0.6) is 5.88 Å². The molecule has 1 amide bonds. The maximum Gasteiger partial charge on any atom is 0.305 e. The second-order valence-electron chi connectivity index (χ2n) is 7.08. The molecule has 1 atom stereocenters. The van der Waals surface area contributed by atoms with Gasteiger partial charge in [-0.1, -0.05) is 30.3 Å². The van der Waals surface area contributed by atoms with Gasteiger partial charge in [-0.25, -0.2) is 4.39 Å². The molecule has 0 spiro atoms. The van der Waals surface area contributed by atoms with Crippen molar-refractivity contribution in [3.8, 4) is 11.6 Å². The lowest BCUT2D eigenvalue weighted by molar-refractivity contribution is -0.137. The third-order valence-electron chi connectivity index (χ3n) is 4.99. The molecule has 0 aliphatic heterocycles. The number of para-hydroxylation sites is 1. The monoisotopic (exact) mass is 425 g/mol. The first-order valence-corrected chi connectivity index (χ1v) is 9.88. The minimum absolute atomic E-state index is 0.00704. The number of aliphatic carboxylic acids is 1. The topological polar surface area (TPSA) is 93.4 Å². The summed E-state index contributed by atoms with van der Waals surface area (Å²) in [5.74, 6) is -1.93. The highest BCUT2D eigenvalue weighted by atomic mass is 19.1. The molecule has 0 bridgehead atoms. The number of carboxylic acid groups (broad SMARTS) is 1. The highest BCUT2D eigenvalue weighted by molar-refractivity contribution is 5.93. The quantitative estimate of drug-likeness (QED) is 0.570. The molecule has 7 nitrogen and oxygen atoms in total. The number of hydrogen-bond donors (Lipinski definition) is 2. The van der Waals surface area contributed by atoms with Crippen molar-refractivity contribution in [3.05, 3.63) is 76.7 Å². The zero-order valence-electron chi connectivity index (χ0n) is 17.6. The highest BCUT2D eigenvalue weighted by Gasteiger charge is 2.24. The van der Waals surface area contributed by atoms with Gasteiger partial charge in [0.2, 0.25) is 5.88 Å². The molecule has 1 aromatic heterocycles. The van der Waals surface area contributed by atoms with Crippen LogP contribution >= 0.6 is 0 Å². The van der Waals surface area contributed by atoms with Crippen LogP contribution in [0.15, 0.2) is 48.5 Å². The molecule has 0 aliphatic carbocycles. The minimum Gasteiger partial charge on any atom is -0.481 e. The SMILES string of the molecule is CCOc1cc(C(=O)NC(CC(=O)O)c2cccc(C)c2C)nn1-c1ccccc1F. The number of nitrogens with one attached hydrogen (secondary N) is 1. The number of halogens is 1. The van der Waals surface area contributed by atoms with Crippen molar-refractivity contribution in [1.29, 1.82) is 0 Å². The molecule has 0 saturated heterocycles. The first-order chi connectivity index (χ1) is 14.8. The zero-order valence-corrected chi connectivity index (χ0v) is 17.6. The lowest BCUT2D eigenvalue weighted by Crippen LogP contribution is -2.31. The van der Waals surface area contributed by atoms with Gasteiger partial charge in [0.05, 0.1) is 19.1 Å². The van der Waals surface area contributed by atoms with Gasteiger partial charge in [-0.15, -0.1) is 0 Å². The number of ether oxygens (including phenoxy) is 1. The Morgan fingerprint density at radius 2 is 1.94 bits per heavy atom. The third-order valence-corrected chi connectivity index (χ3v) is 4.99. The van der Waals surface area contributed by atoms with Crippen LogP contribution in [0.3, 0.4) is 0 Å². The molecule has 0 radical (unpaired) electrons. The van der Waals surface area contributed by atoms with Crippen molar-refractivity contribution >= 4 is 11.9 Å². The van der Waals surface area contributed by atoms with E-state index in [1.165, 1.54) is 22.9 Å². The van der Waals surface area contributed by atoms with Gasteiger partial charge in [-0.05, 0) is 49.6 Å². The molecule has 3 rings (SSSR count). The molecule has 2 aromatic carbocycles. The Hall–Kier alpha value is -3.68. The summed E-state index contributed by atoms with van der Waals surface area (Å²) in [6, 6.07) is 12.2. The van der Waals surface area contributed by atoms with Gasteiger partial charge in [0.25, 0.3) is 5.91 Å². The molecular formula is C23H24FN3O4. The largest absolute Gasteiger partial charge is 0.481 e. The number of aromatic nitrogens is 2. The number of carboxylic acids is 1. The van der Waals surface area contributed by atoms with Gasteiger partial charge in [-0.2, -0.15) is 9.78 Å². The lowest BCUT2D eigenvalue weighted by atomic mass is 9.95. The van der Waals surface area contributed by atoms with Crippen molar-refractivity contribution < 1.29 is 23.8 Å². The van der Waals surface area contributed by atoms with E-state index < -0.39 is 23.7 Å². The number of aryl methyl sites for hydroxylation is 1. The van der Waals surface area contributed by atoms with E-state index >= 15 is 0 Å². The minimum atomic E-state index is -1.04. The zero-order chi connectivity index (χ0) is 22.5. The van der Waals surface area contributed by atoms with Crippen LogP contribution in [0.4, 0.5) is 4.39 Å². The van der Waals surface area contributed by atoms with Gasteiger partial charge in [0.1, 0.15) is 11.5 Å². The first kappa shape index (κ1) is 22.0. The Labute approximate surface area is 179 Å². The van der Waals surface area contributed by atoms with E-state index in [2.05, 4.69) is 10.4 Å². The van der Waals surface area contributed by atoms with E-state index in [-0.39, 0.29) is 23.7 Å². The molecule has 8 heteroatoms. The van der Waals surface area contributed by atoms with Crippen molar-refractivity contribution in [1.82, 2.24) is 15.1 Å². The second kappa shape index (κ2) is 9.42. The van der Waals surface area contributed by atoms with Gasteiger partial charge < -0.3 is 15.2 Å². The number of rotatable bonds is 8. The average Bonchev–Trinajstić information content (AvgIpc) is 3.14. The van der Waals surface area contributed by atoms with Gasteiger partial charge >= 0.3 is 5.97 Å². The maximum absolute atomic E-state index is 14.3. The van der Waals surface area contributed by atoms with E-state index in [1.54, 1.807) is 25.1 Å². The molecule has 3 aromatic rings. The van der Waals surface area contributed by atoms with Crippen molar-refractivity contribution in [2.75, 3.05) is 6.61 Å². The van der Waals surface area contributed by atoms with Crippen LogP contribution in [0.1, 0.15) is 46.6 Å². The highest BCUT2D eigenvalue weighted by Crippen LogP contribution is 2.25. The lowest BCUT2D eigenvalue weighted by Gasteiger charge is -2.20. The van der Waals surface area contributed by atoms with Crippen molar-refractivity contribution in [3.63, 3.8) is 0 Å². The molecule has 2 N–H and O–H groups in total. The normalized spacial score (nSPS) is 11.7. The maximum atomic E-state index is 14.3. The summed E-state index contributed by atoms with van der Waals surface area (Å²) in [4.78, 5) is 24.4. The predicted octanol–water partition coefficient (Wildman–Crippen LogP) is 3.97. The van der Waals surface area contributed by atoms with Crippen LogP contribution in [0, 0.1) is 19.7 Å². The average molecular weight is 425 g/mol. The molecule has 0 fully saturated rings. The van der Waals surface area contributed by atoms with Crippen molar-refractivity contribution in [2.45, 2.75) is 33.2 Å². The van der Waals surface area contributed by atoms with E-state index in [4.69, 9.17) is 4.74 Å². The molecule has 1 unspecified atom stereocenters. The predicted molar refractivity (Wildman–Crippen MR) is 113 cm³/mol. The number of benzene rings is 2. The molecule has 162 valence electrons. The summed E-state index contributed by atoms with van der Waals surface area (Å²) in [6.45, 7) is 5.86. The Kier molecular flexibility index (Phi) is 6.69. The standard InChI is InChI=1S/C23H24FN3O4/c1-4-31-21-12-19(26-27(21)20-11-6-5-10-17(20)24)23(30)25-18(13-22(28)29)16-9-7-8-14(2)15(16)3/h5-12,18H,4,13H2,1-3H3,(H,25,30)(H,28,29).